The van der Waals surface area contributed by atoms with Gasteiger partial charge in [0.25, 0.3) is 0 Å². The summed E-state index contributed by atoms with van der Waals surface area (Å²) < 4.78 is 0. The summed E-state index contributed by atoms with van der Waals surface area (Å²) in [6.07, 6.45) is 1.70. The molecule has 102 valence electrons. The zero-order valence-electron chi connectivity index (χ0n) is 11.4. The Bertz CT molecular complexity index is 458. The second kappa shape index (κ2) is 6.38. The zero-order valence-corrected chi connectivity index (χ0v) is 11.4. The van der Waals surface area contributed by atoms with Crippen LogP contribution in [0, 0.1) is 0 Å². The van der Waals surface area contributed by atoms with Gasteiger partial charge in [-0.25, -0.2) is 0 Å². The average Bonchev–Trinajstić information content (AvgIpc) is 2.57. The van der Waals surface area contributed by atoms with Crippen molar-refractivity contribution in [2.24, 2.45) is 0 Å². The largest absolute Gasteiger partial charge is 0.373 e. The van der Waals surface area contributed by atoms with Gasteiger partial charge in [-0.3, -0.25) is 9.69 Å². The molecule has 0 saturated carbocycles. The number of para-hydroxylation sites is 1. The molecular formula is C15H21N3O. The van der Waals surface area contributed by atoms with Gasteiger partial charge >= 0.3 is 0 Å². The van der Waals surface area contributed by atoms with Gasteiger partial charge in [0.1, 0.15) is 0 Å². The minimum atomic E-state index is 0.0573. The van der Waals surface area contributed by atoms with Crippen LogP contribution in [-0.2, 0) is 11.3 Å². The topological polar surface area (TPSA) is 35.6 Å². The number of likely N-dealkylation sites (N-methyl/N-ethyl adjacent to an activating group) is 1. The Labute approximate surface area is 114 Å². The molecule has 19 heavy (non-hydrogen) atoms. The summed E-state index contributed by atoms with van der Waals surface area (Å²) >= 11 is 0. The van der Waals surface area contributed by atoms with Crippen molar-refractivity contribution in [2.45, 2.75) is 6.54 Å². The molecule has 0 spiro atoms. The highest BCUT2D eigenvalue weighted by atomic mass is 16.2. The van der Waals surface area contributed by atoms with Gasteiger partial charge in [-0.2, -0.15) is 0 Å². The normalized spacial score (nSPS) is 15.5. The standard InChI is InChI=1S/C15H21N3O/c1-3-8-16-15(19)12-18-10-9-17(2)14-7-5-4-6-13(14)11-18/h3-7H,1,8-12H2,2H3,(H,16,19). The fourth-order valence-electron chi connectivity index (χ4n) is 2.33. The lowest BCUT2D eigenvalue weighted by atomic mass is 10.1. The van der Waals surface area contributed by atoms with Crippen LogP contribution in [0.25, 0.3) is 0 Å². The number of hydrogen-bond donors (Lipinski definition) is 1. The highest BCUT2D eigenvalue weighted by Crippen LogP contribution is 2.23. The van der Waals surface area contributed by atoms with E-state index in [1.165, 1.54) is 11.3 Å². The van der Waals surface area contributed by atoms with Gasteiger partial charge in [-0.05, 0) is 11.6 Å². The Kier molecular flexibility index (Phi) is 4.58. The van der Waals surface area contributed by atoms with E-state index in [2.05, 4.69) is 46.9 Å². The molecule has 4 nitrogen and oxygen atoms in total. The molecule has 1 aromatic carbocycles. The van der Waals surface area contributed by atoms with E-state index < -0.39 is 0 Å². The molecule has 0 aliphatic carbocycles. The summed E-state index contributed by atoms with van der Waals surface area (Å²) in [5.74, 6) is 0.0573. The van der Waals surface area contributed by atoms with E-state index in [9.17, 15) is 4.79 Å². The van der Waals surface area contributed by atoms with Gasteiger partial charge in [0.2, 0.25) is 5.91 Å². The molecular weight excluding hydrogens is 238 g/mol. The molecule has 1 heterocycles. The van der Waals surface area contributed by atoms with Gasteiger partial charge in [0.05, 0.1) is 6.54 Å². The minimum absolute atomic E-state index is 0.0573. The van der Waals surface area contributed by atoms with E-state index >= 15 is 0 Å². The molecule has 1 aliphatic heterocycles. The maximum absolute atomic E-state index is 11.8. The number of rotatable bonds is 4. The summed E-state index contributed by atoms with van der Waals surface area (Å²) in [5, 5.41) is 2.82. The molecule has 0 atom stereocenters. The maximum Gasteiger partial charge on any atom is 0.234 e. The number of hydrogen-bond acceptors (Lipinski definition) is 3. The van der Waals surface area contributed by atoms with Crippen molar-refractivity contribution in [3.05, 3.63) is 42.5 Å². The number of amides is 1. The number of anilines is 1. The first kappa shape index (κ1) is 13.6. The van der Waals surface area contributed by atoms with E-state index in [1.807, 2.05) is 6.07 Å². The molecule has 1 N–H and O–H groups in total. The van der Waals surface area contributed by atoms with E-state index in [1.54, 1.807) is 6.08 Å². The Morgan fingerprint density at radius 1 is 1.42 bits per heavy atom. The van der Waals surface area contributed by atoms with E-state index in [0.717, 1.165) is 19.6 Å². The molecule has 0 unspecified atom stereocenters. The molecule has 0 radical (unpaired) electrons. The SMILES string of the molecule is C=CCNC(=O)CN1CCN(C)c2ccccc2C1. The van der Waals surface area contributed by atoms with Gasteiger partial charge < -0.3 is 10.2 Å². The summed E-state index contributed by atoms with van der Waals surface area (Å²) in [6, 6.07) is 8.37. The molecule has 2 rings (SSSR count). The lowest BCUT2D eigenvalue weighted by Crippen LogP contribution is -2.38. The Balaban J connectivity index is 2.02. The highest BCUT2D eigenvalue weighted by Gasteiger charge is 2.18. The molecule has 1 aromatic rings. The van der Waals surface area contributed by atoms with Crippen LogP contribution < -0.4 is 10.2 Å². The highest BCUT2D eigenvalue weighted by molar-refractivity contribution is 5.78. The number of benzene rings is 1. The number of carbonyl (C=O) groups is 1. The first-order valence-electron chi connectivity index (χ1n) is 6.59. The van der Waals surface area contributed by atoms with Crippen molar-refractivity contribution in [3.63, 3.8) is 0 Å². The molecule has 1 amide bonds. The number of nitrogens with zero attached hydrogens (tertiary/aromatic N) is 2. The number of nitrogens with one attached hydrogen (secondary N) is 1. The Morgan fingerprint density at radius 3 is 3.00 bits per heavy atom. The van der Waals surface area contributed by atoms with Crippen molar-refractivity contribution in [1.29, 1.82) is 0 Å². The van der Waals surface area contributed by atoms with Crippen LogP contribution in [-0.4, -0.2) is 44.0 Å². The monoisotopic (exact) mass is 259 g/mol. The number of carbonyl (C=O) groups excluding carboxylic acids is 1. The third-order valence-electron chi connectivity index (χ3n) is 3.36. The summed E-state index contributed by atoms with van der Waals surface area (Å²) in [6.45, 7) is 7.22. The lowest BCUT2D eigenvalue weighted by molar-refractivity contribution is -0.122. The van der Waals surface area contributed by atoms with Gasteiger partial charge in [0, 0.05) is 38.9 Å². The zero-order chi connectivity index (χ0) is 13.7. The van der Waals surface area contributed by atoms with E-state index in [-0.39, 0.29) is 5.91 Å². The molecule has 0 fully saturated rings. The summed E-state index contributed by atoms with van der Waals surface area (Å²) in [7, 11) is 2.10. The van der Waals surface area contributed by atoms with Crippen molar-refractivity contribution in [3.8, 4) is 0 Å². The first-order chi connectivity index (χ1) is 9.20. The van der Waals surface area contributed by atoms with Crippen LogP contribution in [0.4, 0.5) is 5.69 Å². The molecule has 1 aliphatic rings. The van der Waals surface area contributed by atoms with Gasteiger partial charge in [-0.1, -0.05) is 24.3 Å². The smallest absolute Gasteiger partial charge is 0.234 e. The molecule has 0 aromatic heterocycles. The third-order valence-corrected chi connectivity index (χ3v) is 3.36. The third kappa shape index (κ3) is 3.58. The van der Waals surface area contributed by atoms with E-state index in [0.29, 0.717) is 13.1 Å². The quantitative estimate of drug-likeness (QED) is 0.826. The van der Waals surface area contributed by atoms with Crippen LogP contribution >= 0.6 is 0 Å². The lowest BCUT2D eigenvalue weighted by Gasteiger charge is -2.19. The molecule has 0 bridgehead atoms. The van der Waals surface area contributed by atoms with Crippen LogP contribution in [0.15, 0.2) is 36.9 Å². The predicted molar refractivity (Wildman–Crippen MR) is 78.2 cm³/mol. The van der Waals surface area contributed by atoms with E-state index in [4.69, 9.17) is 0 Å². The molecule has 4 heteroatoms. The summed E-state index contributed by atoms with van der Waals surface area (Å²) in [5.41, 5.74) is 2.54. The van der Waals surface area contributed by atoms with Crippen LogP contribution in [0.3, 0.4) is 0 Å². The average molecular weight is 259 g/mol. The summed E-state index contributed by atoms with van der Waals surface area (Å²) in [4.78, 5) is 16.2. The predicted octanol–water partition coefficient (Wildman–Crippen LogP) is 1.24. The minimum Gasteiger partial charge on any atom is -0.373 e. The maximum atomic E-state index is 11.8. The fourth-order valence-corrected chi connectivity index (χ4v) is 2.33. The van der Waals surface area contributed by atoms with Crippen molar-refractivity contribution in [1.82, 2.24) is 10.2 Å². The van der Waals surface area contributed by atoms with Crippen LogP contribution in [0.1, 0.15) is 5.56 Å². The van der Waals surface area contributed by atoms with Crippen LogP contribution in [0.5, 0.6) is 0 Å². The van der Waals surface area contributed by atoms with Crippen LogP contribution in [0.2, 0.25) is 0 Å². The number of fused-ring (bicyclic) bond motifs is 1. The second-order valence-electron chi connectivity index (χ2n) is 4.85. The van der Waals surface area contributed by atoms with Gasteiger partial charge in [-0.15, -0.1) is 6.58 Å². The fraction of sp³-hybridized carbons (Fsp3) is 0.400. The Hall–Kier alpha value is -1.81. The van der Waals surface area contributed by atoms with Crippen molar-refractivity contribution in [2.75, 3.05) is 38.1 Å². The first-order valence-corrected chi connectivity index (χ1v) is 6.59. The Morgan fingerprint density at radius 2 is 2.21 bits per heavy atom. The van der Waals surface area contributed by atoms with Gasteiger partial charge in [0.15, 0.2) is 0 Å². The van der Waals surface area contributed by atoms with Crippen molar-refractivity contribution >= 4 is 11.6 Å². The second-order valence-corrected chi connectivity index (χ2v) is 4.85. The molecule has 0 saturated heterocycles. The van der Waals surface area contributed by atoms with Crippen molar-refractivity contribution < 1.29 is 4.79 Å².